The Morgan fingerprint density at radius 3 is 2.29 bits per heavy atom. The lowest BCUT2D eigenvalue weighted by Gasteiger charge is -2.22. The molecule has 11 heteroatoms. The van der Waals surface area contributed by atoms with Crippen LogP contribution in [0, 0.1) is 0 Å². The van der Waals surface area contributed by atoms with Gasteiger partial charge in [-0.25, -0.2) is 8.42 Å². The van der Waals surface area contributed by atoms with E-state index in [0.29, 0.717) is 24.0 Å². The van der Waals surface area contributed by atoms with Crippen LogP contribution >= 0.6 is 11.6 Å². The second-order valence-electron chi connectivity index (χ2n) is 7.40. The number of halogens is 4. The lowest BCUT2D eigenvalue weighted by Crippen LogP contribution is -2.37. The maximum atomic E-state index is 13.4. The number of anilines is 1. The molecule has 0 bridgehead atoms. The molecule has 0 aromatic heterocycles. The lowest BCUT2D eigenvalue weighted by atomic mass is 10.2. The van der Waals surface area contributed by atoms with Crippen LogP contribution in [0.1, 0.15) is 18.1 Å². The highest BCUT2D eigenvalue weighted by atomic mass is 35.5. The number of ether oxygens (including phenoxy) is 1. The second-order valence-corrected chi connectivity index (χ2v) is 9.75. The molecule has 0 spiro atoms. The molecule has 3 aromatic carbocycles. The number of benzene rings is 3. The third-order valence-electron chi connectivity index (χ3n) is 4.85. The second kappa shape index (κ2) is 11.1. The molecule has 0 saturated heterocycles. The fraction of sp³-hybridized carbons (Fsp3) is 0.208. The van der Waals surface area contributed by atoms with Gasteiger partial charge in [-0.05, 0) is 55.0 Å². The molecule has 1 N–H and O–H groups in total. The number of hydrogen-bond donors (Lipinski definition) is 1. The molecule has 0 saturated carbocycles. The number of hydrogen-bond acceptors (Lipinski definition) is 4. The highest BCUT2D eigenvalue weighted by Crippen LogP contribution is 2.36. The van der Waals surface area contributed by atoms with Crippen LogP contribution in [0.3, 0.4) is 0 Å². The Balaban J connectivity index is 1.86. The van der Waals surface area contributed by atoms with Gasteiger partial charge in [0.2, 0.25) is 15.9 Å². The Bertz CT molecular complexity index is 1270. The molecule has 0 unspecified atom stereocenters. The van der Waals surface area contributed by atoms with Gasteiger partial charge >= 0.3 is 6.18 Å². The molecule has 0 fully saturated rings. The lowest BCUT2D eigenvalue weighted by molar-refractivity contribution is -0.137. The summed E-state index contributed by atoms with van der Waals surface area (Å²) in [5.74, 6) is -0.326. The topological polar surface area (TPSA) is 75.7 Å². The van der Waals surface area contributed by atoms with Crippen LogP contribution in [-0.4, -0.2) is 31.8 Å². The summed E-state index contributed by atoms with van der Waals surface area (Å²) in [6, 6.07) is 17.3. The Kier molecular flexibility index (Phi) is 8.42. The van der Waals surface area contributed by atoms with E-state index in [1.807, 2.05) is 0 Å². The molecule has 0 heterocycles. The summed E-state index contributed by atoms with van der Waals surface area (Å²) in [6.45, 7) is 1.45. The molecule has 0 aliphatic carbocycles. The van der Waals surface area contributed by atoms with Gasteiger partial charge in [0.25, 0.3) is 0 Å². The SMILES string of the molecule is CCOc1ccc(S(=O)(=O)N(CC(=O)Nc2ccc(Cl)c(C(F)(F)F)c2)Cc2ccccc2)cc1. The normalized spacial score (nSPS) is 11.9. The molecule has 186 valence electrons. The number of alkyl halides is 3. The minimum absolute atomic E-state index is 0.0597. The summed E-state index contributed by atoms with van der Waals surface area (Å²) in [7, 11) is -4.14. The van der Waals surface area contributed by atoms with Gasteiger partial charge in [0.15, 0.2) is 0 Å². The van der Waals surface area contributed by atoms with Crippen LogP contribution in [0.25, 0.3) is 0 Å². The van der Waals surface area contributed by atoms with Crippen LogP contribution in [0.4, 0.5) is 18.9 Å². The number of carbonyl (C=O) groups excluding carboxylic acids is 1. The predicted molar refractivity (Wildman–Crippen MR) is 127 cm³/mol. The molecule has 35 heavy (non-hydrogen) atoms. The Hall–Kier alpha value is -3.08. The number of amides is 1. The smallest absolute Gasteiger partial charge is 0.417 e. The molecule has 0 atom stereocenters. The zero-order valence-corrected chi connectivity index (χ0v) is 20.1. The van der Waals surface area contributed by atoms with Gasteiger partial charge in [-0.2, -0.15) is 17.5 Å². The summed E-state index contributed by atoms with van der Waals surface area (Å²) in [6.07, 6.45) is -4.71. The summed E-state index contributed by atoms with van der Waals surface area (Å²) in [5, 5.41) is 1.81. The van der Waals surface area contributed by atoms with Gasteiger partial charge in [-0.15, -0.1) is 0 Å². The molecule has 1 amide bonds. The fourth-order valence-electron chi connectivity index (χ4n) is 3.22. The van der Waals surface area contributed by atoms with Crippen molar-refractivity contribution in [3.63, 3.8) is 0 Å². The van der Waals surface area contributed by atoms with Gasteiger partial charge in [-0.3, -0.25) is 4.79 Å². The monoisotopic (exact) mass is 526 g/mol. The Labute approximate surface area is 206 Å². The van der Waals surface area contributed by atoms with Crippen molar-refractivity contribution in [1.29, 1.82) is 0 Å². The van der Waals surface area contributed by atoms with Gasteiger partial charge in [0.1, 0.15) is 5.75 Å². The summed E-state index contributed by atoms with van der Waals surface area (Å²) in [4.78, 5) is 12.7. The maximum absolute atomic E-state index is 13.4. The van der Waals surface area contributed by atoms with Crippen molar-refractivity contribution in [3.05, 3.63) is 88.9 Å². The highest BCUT2D eigenvalue weighted by molar-refractivity contribution is 7.89. The highest BCUT2D eigenvalue weighted by Gasteiger charge is 2.33. The van der Waals surface area contributed by atoms with Gasteiger partial charge in [0, 0.05) is 12.2 Å². The van der Waals surface area contributed by atoms with Crippen molar-refractivity contribution in [2.75, 3.05) is 18.5 Å². The first-order valence-electron chi connectivity index (χ1n) is 10.4. The van der Waals surface area contributed by atoms with Crippen LogP contribution in [0.15, 0.2) is 77.7 Å². The van der Waals surface area contributed by atoms with Crippen molar-refractivity contribution in [2.45, 2.75) is 24.5 Å². The molecular weight excluding hydrogens is 505 g/mol. The number of carbonyl (C=O) groups is 1. The molecule has 0 aliphatic rings. The largest absolute Gasteiger partial charge is 0.494 e. The van der Waals surface area contributed by atoms with E-state index >= 15 is 0 Å². The van der Waals surface area contributed by atoms with E-state index < -0.39 is 39.2 Å². The van der Waals surface area contributed by atoms with Crippen LogP contribution in [0.5, 0.6) is 5.75 Å². The number of nitrogens with zero attached hydrogens (tertiary/aromatic N) is 1. The van der Waals surface area contributed by atoms with E-state index in [1.54, 1.807) is 37.3 Å². The zero-order chi connectivity index (χ0) is 25.6. The third kappa shape index (κ3) is 6.97. The number of rotatable bonds is 9. The molecule has 0 aliphatic heterocycles. The van der Waals surface area contributed by atoms with Gasteiger partial charge in [0.05, 0.1) is 28.6 Å². The number of nitrogens with one attached hydrogen (secondary N) is 1. The average molecular weight is 527 g/mol. The van der Waals surface area contributed by atoms with Crippen LogP contribution < -0.4 is 10.1 Å². The third-order valence-corrected chi connectivity index (χ3v) is 6.99. The predicted octanol–water partition coefficient (Wildman–Crippen LogP) is 5.59. The van der Waals surface area contributed by atoms with E-state index in [2.05, 4.69) is 5.32 Å². The number of sulfonamides is 1. The van der Waals surface area contributed by atoms with Crippen molar-refractivity contribution >= 4 is 33.2 Å². The summed E-state index contributed by atoms with van der Waals surface area (Å²) < 4.78 is 72.5. The molecule has 3 aromatic rings. The van der Waals surface area contributed by atoms with Crippen molar-refractivity contribution in [1.82, 2.24) is 4.31 Å². The zero-order valence-electron chi connectivity index (χ0n) is 18.5. The van der Waals surface area contributed by atoms with E-state index in [1.165, 1.54) is 30.3 Å². The van der Waals surface area contributed by atoms with E-state index in [9.17, 15) is 26.4 Å². The van der Waals surface area contributed by atoms with Crippen molar-refractivity contribution in [2.24, 2.45) is 0 Å². The maximum Gasteiger partial charge on any atom is 0.417 e. The van der Waals surface area contributed by atoms with Crippen LogP contribution in [-0.2, 0) is 27.5 Å². The Morgan fingerprint density at radius 1 is 1.03 bits per heavy atom. The average Bonchev–Trinajstić information content (AvgIpc) is 2.80. The first-order valence-corrected chi connectivity index (χ1v) is 12.3. The quantitative estimate of drug-likeness (QED) is 0.394. The summed E-state index contributed by atoms with van der Waals surface area (Å²) in [5.41, 5.74) is -0.648. The van der Waals surface area contributed by atoms with Crippen LogP contribution in [0.2, 0.25) is 5.02 Å². The van der Waals surface area contributed by atoms with Crippen molar-refractivity contribution in [3.8, 4) is 5.75 Å². The minimum Gasteiger partial charge on any atom is -0.494 e. The van der Waals surface area contributed by atoms with Gasteiger partial charge in [-0.1, -0.05) is 41.9 Å². The molecular formula is C24H22ClF3N2O4S. The van der Waals surface area contributed by atoms with E-state index in [4.69, 9.17) is 16.3 Å². The molecule has 6 nitrogen and oxygen atoms in total. The minimum atomic E-state index is -4.71. The fourth-order valence-corrected chi connectivity index (χ4v) is 4.83. The first-order chi connectivity index (χ1) is 16.5. The van der Waals surface area contributed by atoms with Gasteiger partial charge < -0.3 is 10.1 Å². The summed E-state index contributed by atoms with van der Waals surface area (Å²) >= 11 is 5.62. The first kappa shape index (κ1) is 26.5. The van der Waals surface area contributed by atoms with E-state index in [-0.39, 0.29) is 17.1 Å². The van der Waals surface area contributed by atoms with Crippen molar-refractivity contribution < 1.29 is 31.1 Å². The molecule has 3 rings (SSSR count). The van der Waals surface area contributed by atoms with E-state index in [0.717, 1.165) is 10.4 Å². The Morgan fingerprint density at radius 2 is 1.69 bits per heavy atom. The molecule has 0 radical (unpaired) electrons. The standard InChI is InChI=1S/C24H22ClF3N2O4S/c1-2-34-19-9-11-20(12-10-19)35(32,33)30(15-17-6-4-3-5-7-17)16-23(31)29-18-8-13-22(25)21(14-18)24(26,27)28/h3-14H,2,15-16H2,1H3,(H,29,31).